The van der Waals surface area contributed by atoms with Crippen LogP contribution < -0.4 is 10.2 Å². The molecule has 2 fully saturated rings. The van der Waals surface area contributed by atoms with Gasteiger partial charge < -0.3 is 5.32 Å². The standard InChI is InChI=1S/C14H15N3O3S/c18-13-11-3-1-2-4-12(11)15-14(21)16(13)9-5-7-10(8-6-9)17(19)20/h5-8,11-12H,1-4H2,(H,15,21). The lowest BCUT2D eigenvalue weighted by Gasteiger charge is -2.41. The highest BCUT2D eigenvalue weighted by molar-refractivity contribution is 7.80. The third kappa shape index (κ3) is 2.49. The van der Waals surface area contributed by atoms with Gasteiger partial charge in [0.05, 0.1) is 16.5 Å². The van der Waals surface area contributed by atoms with Crippen molar-refractivity contribution in [2.45, 2.75) is 31.7 Å². The fourth-order valence-electron chi connectivity index (χ4n) is 3.06. The van der Waals surface area contributed by atoms with Crippen LogP contribution in [0.15, 0.2) is 24.3 Å². The number of nitrogens with one attached hydrogen (secondary N) is 1. The van der Waals surface area contributed by atoms with Gasteiger partial charge in [0, 0.05) is 18.2 Å². The molecule has 3 rings (SSSR count). The molecule has 1 aliphatic heterocycles. The van der Waals surface area contributed by atoms with Crippen LogP contribution in [0.2, 0.25) is 0 Å². The molecule has 0 radical (unpaired) electrons. The molecular weight excluding hydrogens is 290 g/mol. The number of nitro groups is 1. The predicted octanol–water partition coefficient (Wildman–Crippen LogP) is 2.37. The lowest BCUT2D eigenvalue weighted by Crippen LogP contribution is -2.60. The van der Waals surface area contributed by atoms with Gasteiger partial charge in [0.25, 0.3) is 5.69 Å². The van der Waals surface area contributed by atoms with E-state index in [4.69, 9.17) is 12.2 Å². The normalized spacial score (nSPS) is 25.2. The van der Waals surface area contributed by atoms with E-state index < -0.39 is 4.92 Å². The Morgan fingerprint density at radius 2 is 1.90 bits per heavy atom. The van der Waals surface area contributed by atoms with Crippen LogP contribution in [0, 0.1) is 16.0 Å². The molecule has 2 unspecified atom stereocenters. The fourth-order valence-corrected chi connectivity index (χ4v) is 3.40. The fraction of sp³-hybridized carbons (Fsp3) is 0.429. The summed E-state index contributed by atoms with van der Waals surface area (Å²) in [7, 11) is 0. The molecule has 1 aromatic rings. The summed E-state index contributed by atoms with van der Waals surface area (Å²) >= 11 is 5.30. The highest BCUT2D eigenvalue weighted by Crippen LogP contribution is 2.32. The van der Waals surface area contributed by atoms with Gasteiger partial charge in [0.1, 0.15) is 0 Å². The van der Waals surface area contributed by atoms with Crippen LogP contribution in [-0.4, -0.2) is 22.0 Å². The average molecular weight is 305 g/mol. The number of amides is 1. The van der Waals surface area contributed by atoms with Crippen LogP contribution >= 0.6 is 12.2 Å². The number of fused-ring (bicyclic) bond motifs is 1. The maximum atomic E-state index is 12.7. The van der Waals surface area contributed by atoms with Crippen LogP contribution in [0.1, 0.15) is 25.7 Å². The molecule has 1 N–H and O–H groups in total. The Kier molecular flexibility index (Phi) is 3.59. The average Bonchev–Trinajstić information content (AvgIpc) is 2.48. The molecule has 2 atom stereocenters. The first-order valence-corrected chi connectivity index (χ1v) is 7.37. The second kappa shape index (κ2) is 5.40. The van der Waals surface area contributed by atoms with Crippen LogP contribution in [-0.2, 0) is 4.79 Å². The van der Waals surface area contributed by atoms with Crippen molar-refractivity contribution in [2.24, 2.45) is 5.92 Å². The van der Waals surface area contributed by atoms with Crippen molar-refractivity contribution in [3.63, 3.8) is 0 Å². The molecule has 6 nitrogen and oxygen atoms in total. The summed E-state index contributed by atoms with van der Waals surface area (Å²) in [4.78, 5) is 24.3. The number of benzene rings is 1. The van der Waals surface area contributed by atoms with Crippen molar-refractivity contribution >= 4 is 34.6 Å². The number of rotatable bonds is 2. The Balaban J connectivity index is 1.88. The zero-order valence-electron chi connectivity index (χ0n) is 11.3. The quantitative estimate of drug-likeness (QED) is 0.516. The van der Waals surface area contributed by atoms with E-state index in [9.17, 15) is 14.9 Å². The molecular formula is C14H15N3O3S. The van der Waals surface area contributed by atoms with Crippen molar-refractivity contribution in [1.29, 1.82) is 0 Å². The van der Waals surface area contributed by atoms with E-state index in [1.807, 2.05) is 0 Å². The van der Waals surface area contributed by atoms with Crippen LogP contribution in [0.5, 0.6) is 0 Å². The third-order valence-corrected chi connectivity index (χ3v) is 4.43. The summed E-state index contributed by atoms with van der Waals surface area (Å²) in [5.74, 6) is -0.0575. The highest BCUT2D eigenvalue weighted by atomic mass is 32.1. The number of hydrogen-bond acceptors (Lipinski definition) is 4. The molecule has 1 aromatic carbocycles. The molecule has 0 aromatic heterocycles. The molecule has 0 spiro atoms. The summed E-state index contributed by atoms with van der Waals surface area (Å²) in [5.41, 5.74) is 0.574. The van der Waals surface area contributed by atoms with E-state index in [-0.39, 0.29) is 23.6 Å². The Labute approximate surface area is 127 Å². The zero-order valence-corrected chi connectivity index (χ0v) is 12.1. The van der Waals surface area contributed by atoms with Gasteiger partial charge in [0.2, 0.25) is 5.91 Å². The van der Waals surface area contributed by atoms with Gasteiger partial charge in [-0.25, -0.2) is 0 Å². The molecule has 1 heterocycles. The minimum atomic E-state index is -0.463. The molecule has 1 aliphatic carbocycles. The molecule has 21 heavy (non-hydrogen) atoms. The minimum absolute atomic E-state index is 0.00220. The number of carbonyl (C=O) groups is 1. The van der Waals surface area contributed by atoms with Crippen LogP contribution in [0.3, 0.4) is 0 Å². The molecule has 1 saturated heterocycles. The Hall–Kier alpha value is -2.02. The number of thiocarbonyl (C=S) groups is 1. The zero-order chi connectivity index (χ0) is 15.0. The van der Waals surface area contributed by atoms with E-state index in [1.54, 1.807) is 12.1 Å². The summed E-state index contributed by atoms with van der Waals surface area (Å²) in [6.45, 7) is 0. The Morgan fingerprint density at radius 3 is 2.57 bits per heavy atom. The summed E-state index contributed by atoms with van der Waals surface area (Å²) in [6.07, 6.45) is 3.99. The second-order valence-corrected chi connectivity index (χ2v) is 5.78. The summed E-state index contributed by atoms with van der Waals surface area (Å²) in [5, 5.41) is 14.3. The predicted molar refractivity (Wildman–Crippen MR) is 82.1 cm³/mol. The minimum Gasteiger partial charge on any atom is -0.358 e. The SMILES string of the molecule is O=C1C2CCCCC2NC(=S)N1c1ccc([N+](=O)[O-])cc1. The number of hydrogen-bond donors (Lipinski definition) is 1. The molecule has 1 saturated carbocycles. The Morgan fingerprint density at radius 1 is 1.24 bits per heavy atom. The van der Waals surface area contributed by atoms with Gasteiger partial charge in [-0.2, -0.15) is 0 Å². The first kappa shape index (κ1) is 13.9. The van der Waals surface area contributed by atoms with Crippen molar-refractivity contribution in [2.75, 3.05) is 4.90 Å². The molecule has 0 bridgehead atoms. The number of non-ortho nitro benzene ring substituents is 1. The molecule has 7 heteroatoms. The largest absolute Gasteiger partial charge is 0.358 e. The lowest BCUT2D eigenvalue weighted by atomic mass is 9.82. The number of anilines is 1. The van der Waals surface area contributed by atoms with E-state index >= 15 is 0 Å². The number of nitrogens with zero attached hydrogens (tertiary/aromatic N) is 2. The van der Waals surface area contributed by atoms with E-state index in [1.165, 1.54) is 17.0 Å². The highest BCUT2D eigenvalue weighted by Gasteiger charge is 2.40. The topological polar surface area (TPSA) is 75.5 Å². The number of nitro benzene ring substituents is 1. The smallest absolute Gasteiger partial charge is 0.269 e. The molecule has 110 valence electrons. The van der Waals surface area contributed by atoms with Gasteiger partial charge in [-0.3, -0.25) is 19.8 Å². The maximum absolute atomic E-state index is 12.7. The lowest BCUT2D eigenvalue weighted by molar-refractivity contribution is -0.384. The van der Waals surface area contributed by atoms with Gasteiger partial charge in [-0.15, -0.1) is 0 Å². The second-order valence-electron chi connectivity index (χ2n) is 5.39. The monoisotopic (exact) mass is 305 g/mol. The maximum Gasteiger partial charge on any atom is 0.269 e. The van der Waals surface area contributed by atoms with Crippen molar-refractivity contribution in [1.82, 2.24) is 5.32 Å². The first-order valence-electron chi connectivity index (χ1n) is 6.97. The van der Waals surface area contributed by atoms with E-state index in [2.05, 4.69) is 5.32 Å². The van der Waals surface area contributed by atoms with Crippen molar-refractivity contribution in [3.8, 4) is 0 Å². The number of carbonyl (C=O) groups excluding carboxylic acids is 1. The van der Waals surface area contributed by atoms with Crippen LogP contribution in [0.4, 0.5) is 11.4 Å². The van der Waals surface area contributed by atoms with E-state index in [0.29, 0.717) is 10.8 Å². The third-order valence-electron chi connectivity index (χ3n) is 4.13. The van der Waals surface area contributed by atoms with E-state index in [0.717, 1.165) is 25.7 Å². The van der Waals surface area contributed by atoms with Gasteiger partial charge in [0.15, 0.2) is 5.11 Å². The Bertz CT molecular complexity index is 602. The molecule has 1 amide bonds. The van der Waals surface area contributed by atoms with Gasteiger partial charge >= 0.3 is 0 Å². The van der Waals surface area contributed by atoms with Gasteiger partial charge in [-0.1, -0.05) is 12.8 Å². The van der Waals surface area contributed by atoms with Crippen molar-refractivity contribution in [3.05, 3.63) is 34.4 Å². The van der Waals surface area contributed by atoms with Gasteiger partial charge in [-0.05, 0) is 37.2 Å². The van der Waals surface area contributed by atoms with Crippen LogP contribution in [0.25, 0.3) is 0 Å². The summed E-state index contributed by atoms with van der Waals surface area (Å²) in [6, 6.07) is 6.03. The summed E-state index contributed by atoms with van der Waals surface area (Å²) < 4.78 is 0. The van der Waals surface area contributed by atoms with Crippen molar-refractivity contribution < 1.29 is 9.72 Å². The molecule has 2 aliphatic rings. The first-order chi connectivity index (χ1) is 10.1.